The molecule has 1 aliphatic heterocycles. The molecule has 1 heterocycles. The van der Waals surface area contributed by atoms with E-state index in [0.29, 0.717) is 18.8 Å². The van der Waals surface area contributed by atoms with Gasteiger partial charge in [0.1, 0.15) is 13.2 Å². The Morgan fingerprint density at radius 1 is 0.955 bits per heavy atom. The van der Waals surface area contributed by atoms with Crippen molar-refractivity contribution in [2.75, 3.05) is 13.2 Å². The average Bonchev–Trinajstić information content (AvgIpc) is 3.36. The number of hydrogen-bond acceptors (Lipinski definition) is 3. The van der Waals surface area contributed by atoms with Crippen LogP contribution in [0.5, 0.6) is 11.5 Å². The summed E-state index contributed by atoms with van der Waals surface area (Å²) in [5, 5.41) is 3.17. The van der Waals surface area contributed by atoms with Crippen LogP contribution in [0.2, 0.25) is 0 Å². The molecular weight excluding hydrogens is 278 g/mol. The van der Waals surface area contributed by atoms with Crippen molar-refractivity contribution in [1.29, 1.82) is 0 Å². The molecule has 0 unspecified atom stereocenters. The molecule has 0 spiro atoms. The first-order valence-electron chi connectivity index (χ1n) is 7.55. The van der Waals surface area contributed by atoms with E-state index in [1.807, 2.05) is 48.5 Å². The predicted molar refractivity (Wildman–Crippen MR) is 82.3 cm³/mol. The Morgan fingerprint density at radius 3 is 2.41 bits per heavy atom. The van der Waals surface area contributed by atoms with Crippen molar-refractivity contribution in [2.24, 2.45) is 0 Å². The van der Waals surface area contributed by atoms with E-state index >= 15 is 0 Å². The molecule has 0 bridgehead atoms. The third kappa shape index (κ3) is 2.30. The minimum atomic E-state index is -0.261. The van der Waals surface area contributed by atoms with Gasteiger partial charge in [-0.15, -0.1) is 0 Å². The highest BCUT2D eigenvalue weighted by molar-refractivity contribution is 5.95. The summed E-state index contributed by atoms with van der Waals surface area (Å²) in [6, 6.07) is 15.3. The van der Waals surface area contributed by atoms with E-state index in [9.17, 15) is 4.79 Å². The zero-order chi connectivity index (χ0) is 15.0. The first-order chi connectivity index (χ1) is 10.8. The Balaban J connectivity index is 1.58. The van der Waals surface area contributed by atoms with Crippen LogP contribution in [0.15, 0.2) is 48.5 Å². The predicted octanol–water partition coefficient (Wildman–Crippen LogP) is 2.88. The lowest BCUT2D eigenvalue weighted by Crippen LogP contribution is -2.34. The van der Waals surface area contributed by atoms with Gasteiger partial charge in [-0.1, -0.05) is 24.3 Å². The van der Waals surface area contributed by atoms with Crippen LogP contribution in [0.3, 0.4) is 0 Å². The smallest absolute Gasteiger partial charge is 0.251 e. The number of benzene rings is 2. The van der Waals surface area contributed by atoms with Crippen LogP contribution in [0.4, 0.5) is 0 Å². The normalized spacial score (nSPS) is 17.6. The number of fused-ring (bicyclic) bond motifs is 1. The number of nitrogens with one attached hydrogen (secondary N) is 1. The van der Waals surface area contributed by atoms with Gasteiger partial charge in [0.2, 0.25) is 0 Å². The number of carbonyl (C=O) groups is 1. The van der Waals surface area contributed by atoms with Crippen molar-refractivity contribution >= 4 is 5.91 Å². The fourth-order valence-electron chi connectivity index (χ4n) is 2.83. The molecule has 4 rings (SSSR count). The fourth-order valence-corrected chi connectivity index (χ4v) is 2.83. The Kier molecular flexibility index (Phi) is 3.03. The minimum absolute atomic E-state index is 0.0343. The van der Waals surface area contributed by atoms with Crippen LogP contribution < -0.4 is 14.8 Å². The Bertz CT molecular complexity index is 708. The third-order valence-corrected chi connectivity index (χ3v) is 4.23. The summed E-state index contributed by atoms with van der Waals surface area (Å²) in [4.78, 5) is 12.4. The Hall–Kier alpha value is -2.49. The molecule has 1 N–H and O–H groups in total. The first-order valence-corrected chi connectivity index (χ1v) is 7.55. The van der Waals surface area contributed by atoms with Crippen molar-refractivity contribution in [2.45, 2.75) is 18.4 Å². The average molecular weight is 295 g/mol. The standard InChI is InChI=1S/C18H17NO3/c20-17(13-4-2-1-3-5-13)19-18(8-9-18)14-6-7-15-16(12-14)22-11-10-21-15/h1-7,12H,8-11H2,(H,19,20). The lowest BCUT2D eigenvalue weighted by Gasteiger charge is -2.22. The highest BCUT2D eigenvalue weighted by atomic mass is 16.6. The summed E-state index contributed by atoms with van der Waals surface area (Å²) in [5.74, 6) is 1.51. The number of carbonyl (C=O) groups excluding carboxylic acids is 1. The van der Waals surface area contributed by atoms with Gasteiger partial charge in [0.25, 0.3) is 5.91 Å². The molecule has 1 amide bonds. The molecule has 0 saturated heterocycles. The molecule has 1 saturated carbocycles. The summed E-state index contributed by atoms with van der Waals surface area (Å²) in [6.07, 6.45) is 1.90. The molecule has 4 nitrogen and oxygen atoms in total. The van der Waals surface area contributed by atoms with Gasteiger partial charge in [0, 0.05) is 5.56 Å². The molecule has 0 radical (unpaired) electrons. The summed E-state index contributed by atoms with van der Waals surface area (Å²) in [5.41, 5.74) is 1.51. The summed E-state index contributed by atoms with van der Waals surface area (Å²) < 4.78 is 11.2. The van der Waals surface area contributed by atoms with Gasteiger partial charge < -0.3 is 14.8 Å². The van der Waals surface area contributed by atoms with E-state index in [4.69, 9.17) is 9.47 Å². The van der Waals surface area contributed by atoms with Crippen molar-refractivity contribution in [3.05, 3.63) is 59.7 Å². The van der Waals surface area contributed by atoms with Crippen LogP contribution in [0.25, 0.3) is 0 Å². The SMILES string of the molecule is O=C(NC1(c2ccc3c(c2)OCCO3)CC1)c1ccccc1. The Morgan fingerprint density at radius 2 is 1.68 bits per heavy atom. The second-order valence-corrected chi connectivity index (χ2v) is 5.76. The highest BCUT2D eigenvalue weighted by Gasteiger charge is 2.46. The molecule has 1 fully saturated rings. The van der Waals surface area contributed by atoms with Crippen LogP contribution in [-0.4, -0.2) is 19.1 Å². The van der Waals surface area contributed by atoms with Crippen LogP contribution in [-0.2, 0) is 5.54 Å². The maximum Gasteiger partial charge on any atom is 0.251 e. The highest BCUT2D eigenvalue weighted by Crippen LogP contribution is 2.48. The van der Waals surface area contributed by atoms with Crippen molar-refractivity contribution in [1.82, 2.24) is 5.32 Å². The molecule has 1 aliphatic carbocycles. The molecule has 2 aromatic carbocycles. The second kappa shape index (κ2) is 5.05. The molecule has 0 aromatic heterocycles. The summed E-state index contributed by atoms with van der Waals surface area (Å²) in [7, 11) is 0. The summed E-state index contributed by atoms with van der Waals surface area (Å²) in [6.45, 7) is 1.15. The van der Waals surface area contributed by atoms with Gasteiger partial charge in [-0.05, 0) is 42.7 Å². The van der Waals surface area contributed by atoms with E-state index in [1.54, 1.807) is 0 Å². The van der Waals surface area contributed by atoms with Gasteiger partial charge in [0.15, 0.2) is 11.5 Å². The third-order valence-electron chi connectivity index (χ3n) is 4.23. The number of amides is 1. The molecule has 2 aromatic rings. The lowest BCUT2D eigenvalue weighted by molar-refractivity contribution is 0.0930. The fraction of sp³-hybridized carbons (Fsp3) is 0.278. The lowest BCUT2D eigenvalue weighted by atomic mass is 10.0. The van der Waals surface area contributed by atoms with Gasteiger partial charge >= 0.3 is 0 Å². The van der Waals surface area contributed by atoms with E-state index < -0.39 is 0 Å². The number of hydrogen-bond donors (Lipinski definition) is 1. The van der Waals surface area contributed by atoms with E-state index in [1.165, 1.54) is 0 Å². The first kappa shape index (κ1) is 13.2. The van der Waals surface area contributed by atoms with Crippen molar-refractivity contribution in [3.8, 4) is 11.5 Å². The zero-order valence-electron chi connectivity index (χ0n) is 12.2. The maximum absolute atomic E-state index is 12.4. The van der Waals surface area contributed by atoms with Crippen molar-refractivity contribution < 1.29 is 14.3 Å². The quantitative estimate of drug-likeness (QED) is 0.947. The molecular formula is C18H17NO3. The van der Waals surface area contributed by atoms with E-state index in [-0.39, 0.29) is 11.4 Å². The van der Waals surface area contributed by atoms with Crippen LogP contribution in [0, 0.1) is 0 Å². The van der Waals surface area contributed by atoms with Crippen LogP contribution in [0.1, 0.15) is 28.8 Å². The zero-order valence-corrected chi connectivity index (χ0v) is 12.2. The van der Waals surface area contributed by atoms with Gasteiger partial charge in [-0.3, -0.25) is 4.79 Å². The number of ether oxygens (including phenoxy) is 2. The number of rotatable bonds is 3. The molecule has 2 aliphatic rings. The second-order valence-electron chi connectivity index (χ2n) is 5.76. The summed E-state index contributed by atoms with van der Waals surface area (Å²) >= 11 is 0. The van der Waals surface area contributed by atoms with Gasteiger partial charge in [0.05, 0.1) is 5.54 Å². The molecule has 4 heteroatoms. The van der Waals surface area contributed by atoms with E-state index in [0.717, 1.165) is 29.9 Å². The molecule has 112 valence electrons. The van der Waals surface area contributed by atoms with Gasteiger partial charge in [-0.25, -0.2) is 0 Å². The molecule has 0 atom stereocenters. The largest absolute Gasteiger partial charge is 0.486 e. The monoisotopic (exact) mass is 295 g/mol. The van der Waals surface area contributed by atoms with Gasteiger partial charge in [-0.2, -0.15) is 0 Å². The molecule has 22 heavy (non-hydrogen) atoms. The Labute approximate surface area is 129 Å². The van der Waals surface area contributed by atoms with Crippen molar-refractivity contribution in [3.63, 3.8) is 0 Å². The maximum atomic E-state index is 12.4. The topological polar surface area (TPSA) is 47.6 Å². The van der Waals surface area contributed by atoms with Crippen LogP contribution >= 0.6 is 0 Å². The van der Waals surface area contributed by atoms with E-state index in [2.05, 4.69) is 5.32 Å². The minimum Gasteiger partial charge on any atom is -0.486 e.